The van der Waals surface area contributed by atoms with E-state index in [-0.39, 0.29) is 54.1 Å². The lowest BCUT2D eigenvalue weighted by atomic mass is 9.93. The summed E-state index contributed by atoms with van der Waals surface area (Å²) in [7, 11) is 0. The Morgan fingerprint density at radius 3 is 2.53 bits per heavy atom. The van der Waals surface area contributed by atoms with Crippen LogP contribution in [0, 0.1) is 17.6 Å². The number of nitrogens with zero attached hydrogens (tertiary/aromatic N) is 5. The maximum atomic E-state index is 14.8. The highest BCUT2D eigenvalue weighted by molar-refractivity contribution is 5.95. The molecular formula is C22H21F5N6O. The Morgan fingerprint density at radius 1 is 1.12 bits per heavy atom. The standard InChI is InChI=1S/C22H21F5N6O/c23-15-4-16(24)19-17(5-15)33(8-12-6-31(7-12)11-22(25,26)27)30-20(19)14-9-32(10-14)21(34)13-1-2-29-18(28)3-13/h1-5,12,14H,6-11H2,(H2,28,29). The summed E-state index contributed by atoms with van der Waals surface area (Å²) in [5.74, 6) is -1.89. The summed E-state index contributed by atoms with van der Waals surface area (Å²) >= 11 is 0. The van der Waals surface area contributed by atoms with E-state index in [1.807, 2.05) is 0 Å². The summed E-state index contributed by atoms with van der Waals surface area (Å²) in [6.07, 6.45) is -2.83. The lowest BCUT2D eigenvalue weighted by Crippen LogP contribution is -2.51. The summed E-state index contributed by atoms with van der Waals surface area (Å²) < 4.78 is 67.9. The number of amides is 1. The van der Waals surface area contributed by atoms with Crippen molar-refractivity contribution in [3.63, 3.8) is 0 Å². The number of anilines is 1. The topological polar surface area (TPSA) is 80.3 Å². The number of hydrogen-bond donors (Lipinski definition) is 1. The number of likely N-dealkylation sites (tertiary alicyclic amines) is 2. The van der Waals surface area contributed by atoms with E-state index in [1.165, 1.54) is 27.9 Å². The molecule has 0 spiro atoms. The molecule has 180 valence electrons. The molecule has 0 saturated carbocycles. The molecule has 2 aromatic heterocycles. The minimum absolute atomic E-state index is 0.110. The molecule has 2 aliphatic heterocycles. The van der Waals surface area contributed by atoms with E-state index in [1.54, 1.807) is 11.0 Å². The van der Waals surface area contributed by atoms with E-state index in [2.05, 4.69) is 10.1 Å². The van der Waals surface area contributed by atoms with Crippen LogP contribution in [0.3, 0.4) is 0 Å². The Labute approximate surface area is 190 Å². The maximum absolute atomic E-state index is 14.8. The molecule has 0 radical (unpaired) electrons. The molecule has 12 heteroatoms. The van der Waals surface area contributed by atoms with Crippen molar-refractivity contribution in [1.82, 2.24) is 24.6 Å². The van der Waals surface area contributed by atoms with Crippen LogP contribution in [0.25, 0.3) is 10.9 Å². The third-order valence-electron chi connectivity index (χ3n) is 6.25. The Morgan fingerprint density at radius 2 is 1.85 bits per heavy atom. The van der Waals surface area contributed by atoms with Crippen LogP contribution in [0.5, 0.6) is 0 Å². The van der Waals surface area contributed by atoms with Gasteiger partial charge in [-0.3, -0.25) is 14.4 Å². The van der Waals surface area contributed by atoms with Crippen LogP contribution in [0.4, 0.5) is 27.8 Å². The number of carbonyl (C=O) groups is 1. The predicted octanol–water partition coefficient (Wildman–Crippen LogP) is 3.03. The zero-order valence-corrected chi connectivity index (χ0v) is 17.9. The van der Waals surface area contributed by atoms with Crippen molar-refractivity contribution in [2.75, 3.05) is 38.5 Å². The van der Waals surface area contributed by atoms with Gasteiger partial charge in [0.05, 0.1) is 23.1 Å². The van der Waals surface area contributed by atoms with Gasteiger partial charge in [-0.15, -0.1) is 0 Å². The van der Waals surface area contributed by atoms with Crippen LogP contribution < -0.4 is 5.73 Å². The van der Waals surface area contributed by atoms with Gasteiger partial charge < -0.3 is 10.6 Å². The van der Waals surface area contributed by atoms with E-state index in [0.717, 1.165) is 6.07 Å². The monoisotopic (exact) mass is 480 g/mol. The van der Waals surface area contributed by atoms with Crippen molar-refractivity contribution < 1.29 is 26.7 Å². The van der Waals surface area contributed by atoms with Crippen LogP contribution in [0.15, 0.2) is 30.5 Å². The molecule has 5 rings (SSSR count). The molecule has 1 aromatic carbocycles. The van der Waals surface area contributed by atoms with Crippen LogP contribution in [0.1, 0.15) is 22.0 Å². The van der Waals surface area contributed by atoms with Crippen LogP contribution in [-0.4, -0.2) is 69.4 Å². The number of fused-ring (bicyclic) bond motifs is 1. The van der Waals surface area contributed by atoms with Gasteiger partial charge in [-0.1, -0.05) is 0 Å². The number of halogens is 5. The van der Waals surface area contributed by atoms with E-state index < -0.39 is 24.4 Å². The summed E-state index contributed by atoms with van der Waals surface area (Å²) in [5.41, 5.74) is 6.70. The number of carbonyl (C=O) groups excluding carboxylic acids is 1. The molecule has 34 heavy (non-hydrogen) atoms. The van der Waals surface area contributed by atoms with Gasteiger partial charge in [0, 0.05) is 62.4 Å². The second-order valence-corrected chi connectivity index (χ2v) is 8.90. The molecule has 2 fully saturated rings. The lowest BCUT2D eigenvalue weighted by molar-refractivity contribution is -0.159. The van der Waals surface area contributed by atoms with E-state index >= 15 is 0 Å². The number of hydrogen-bond acceptors (Lipinski definition) is 5. The first-order valence-corrected chi connectivity index (χ1v) is 10.7. The Bertz CT molecular complexity index is 1250. The number of nitrogens with two attached hydrogens (primary N) is 1. The smallest absolute Gasteiger partial charge is 0.384 e. The first-order valence-electron chi connectivity index (χ1n) is 10.7. The number of aromatic nitrogens is 3. The van der Waals surface area contributed by atoms with Crippen LogP contribution in [-0.2, 0) is 6.54 Å². The second kappa shape index (κ2) is 8.19. The second-order valence-electron chi connectivity index (χ2n) is 8.90. The van der Waals surface area contributed by atoms with Gasteiger partial charge >= 0.3 is 6.18 Å². The highest BCUT2D eigenvalue weighted by atomic mass is 19.4. The summed E-state index contributed by atoms with van der Waals surface area (Å²) in [6, 6.07) is 5.00. The van der Waals surface area contributed by atoms with Crippen molar-refractivity contribution in [2.24, 2.45) is 5.92 Å². The van der Waals surface area contributed by atoms with Gasteiger partial charge in [-0.25, -0.2) is 13.8 Å². The summed E-state index contributed by atoms with van der Waals surface area (Å²) in [4.78, 5) is 19.4. The zero-order chi connectivity index (χ0) is 24.2. The van der Waals surface area contributed by atoms with Crippen molar-refractivity contribution in [3.05, 3.63) is 53.4 Å². The molecule has 0 aliphatic carbocycles. The van der Waals surface area contributed by atoms with Crippen LogP contribution >= 0.6 is 0 Å². The number of alkyl halides is 3. The molecule has 4 heterocycles. The first kappa shape index (κ1) is 22.5. The van der Waals surface area contributed by atoms with E-state index in [4.69, 9.17) is 5.73 Å². The minimum Gasteiger partial charge on any atom is -0.384 e. The molecule has 2 aliphatic rings. The Kier molecular flexibility index (Phi) is 5.42. The van der Waals surface area contributed by atoms with Crippen molar-refractivity contribution >= 4 is 22.6 Å². The van der Waals surface area contributed by atoms with E-state index in [0.29, 0.717) is 24.3 Å². The van der Waals surface area contributed by atoms with Gasteiger partial charge in [-0.05, 0) is 18.2 Å². The third-order valence-corrected chi connectivity index (χ3v) is 6.25. The molecule has 2 saturated heterocycles. The SMILES string of the molecule is Nc1cc(C(=O)N2CC(c3nn(CC4CN(CC(F)(F)F)C4)c4cc(F)cc(F)c34)C2)ccn1. The van der Waals surface area contributed by atoms with Crippen molar-refractivity contribution in [1.29, 1.82) is 0 Å². The third kappa shape index (κ3) is 4.29. The number of pyridine rings is 1. The van der Waals surface area contributed by atoms with Gasteiger partial charge in [0.1, 0.15) is 17.5 Å². The highest BCUT2D eigenvalue weighted by Gasteiger charge is 2.39. The van der Waals surface area contributed by atoms with Gasteiger partial charge in [0.2, 0.25) is 0 Å². The summed E-state index contributed by atoms with van der Waals surface area (Å²) in [5, 5.41) is 4.70. The van der Waals surface area contributed by atoms with Gasteiger partial charge in [0.15, 0.2) is 0 Å². The van der Waals surface area contributed by atoms with Gasteiger partial charge in [-0.2, -0.15) is 18.3 Å². The molecule has 7 nitrogen and oxygen atoms in total. The fourth-order valence-corrected chi connectivity index (χ4v) is 4.68. The fraction of sp³-hybridized carbons (Fsp3) is 0.409. The Hall–Kier alpha value is -3.28. The maximum Gasteiger partial charge on any atom is 0.401 e. The lowest BCUT2D eigenvalue weighted by Gasteiger charge is -2.39. The Balaban J connectivity index is 1.33. The molecule has 2 N–H and O–H groups in total. The average molecular weight is 480 g/mol. The molecular weight excluding hydrogens is 459 g/mol. The number of rotatable bonds is 5. The minimum atomic E-state index is -4.27. The molecule has 0 bridgehead atoms. The molecule has 0 atom stereocenters. The molecule has 0 unspecified atom stereocenters. The van der Waals surface area contributed by atoms with E-state index in [9.17, 15) is 26.7 Å². The van der Waals surface area contributed by atoms with Crippen molar-refractivity contribution in [3.8, 4) is 0 Å². The quantitative estimate of drug-likeness (QED) is 0.568. The fourth-order valence-electron chi connectivity index (χ4n) is 4.68. The molecule has 3 aromatic rings. The van der Waals surface area contributed by atoms with Gasteiger partial charge in [0.25, 0.3) is 5.91 Å². The number of nitrogen functional groups attached to an aromatic ring is 1. The first-order chi connectivity index (χ1) is 16.1. The zero-order valence-electron chi connectivity index (χ0n) is 17.9. The number of benzene rings is 1. The summed E-state index contributed by atoms with van der Waals surface area (Å²) in [6.45, 7) is 0.329. The largest absolute Gasteiger partial charge is 0.401 e. The van der Waals surface area contributed by atoms with Crippen LogP contribution in [0.2, 0.25) is 0 Å². The predicted molar refractivity (Wildman–Crippen MR) is 113 cm³/mol. The normalized spacial score (nSPS) is 17.7. The van der Waals surface area contributed by atoms with Crippen molar-refractivity contribution in [2.45, 2.75) is 18.6 Å². The average Bonchev–Trinajstić information content (AvgIpc) is 3.02. The highest BCUT2D eigenvalue weighted by Crippen LogP contribution is 2.35. The molecule has 1 amide bonds.